The van der Waals surface area contributed by atoms with Crippen molar-refractivity contribution in [2.75, 3.05) is 12.4 Å². The molecule has 0 atom stereocenters. The van der Waals surface area contributed by atoms with E-state index in [0.29, 0.717) is 22.5 Å². The average Bonchev–Trinajstić information content (AvgIpc) is 3.14. The zero-order chi connectivity index (χ0) is 17.8. The lowest BCUT2D eigenvalue weighted by Crippen LogP contribution is -2.20. The van der Waals surface area contributed by atoms with Gasteiger partial charge in [-0.15, -0.1) is 0 Å². The molecule has 1 aromatic heterocycles. The Bertz CT molecular complexity index is 916. The highest BCUT2D eigenvalue weighted by molar-refractivity contribution is 6.04. The zero-order valence-electron chi connectivity index (χ0n) is 14.0. The number of carbonyl (C=O) groups is 2. The van der Waals surface area contributed by atoms with Crippen molar-refractivity contribution >= 4 is 17.5 Å². The van der Waals surface area contributed by atoms with Crippen LogP contribution >= 0.6 is 0 Å². The van der Waals surface area contributed by atoms with Gasteiger partial charge < -0.3 is 10.6 Å². The first-order valence-corrected chi connectivity index (χ1v) is 7.84. The summed E-state index contributed by atoms with van der Waals surface area (Å²) in [6.07, 6.45) is 1.73. The van der Waals surface area contributed by atoms with E-state index in [1.165, 1.54) is 0 Å². The van der Waals surface area contributed by atoms with Gasteiger partial charge >= 0.3 is 0 Å². The van der Waals surface area contributed by atoms with E-state index < -0.39 is 0 Å². The minimum Gasteiger partial charge on any atom is -0.355 e. The molecule has 3 rings (SSSR count). The van der Waals surface area contributed by atoms with Crippen molar-refractivity contribution in [3.05, 3.63) is 77.6 Å². The molecule has 25 heavy (non-hydrogen) atoms. The Morgan fingerprint density at radius 1 is 0.960 bits per heavy atom. The van der Waals surface area contributed by atoms with Gasteiger partial charge in [-0.05, 0) is 42.8 Å². The van der Waals surface area contributed by atoms with Crippen molar-refractivity contribution in [3.8, 4) is 5.69 Å². The minimum absolute atomic E-state index is 0.193. The van der Waals surface area contributed by atoms with Gasteiger partial charge in [-0.2, -0.15) is 5.10 Å². The standard InChI is InChI=1S/C19H18N4O2/c1-13-15(18(24)20-2)9-6-10-16(13)21-19(25)17-11-12-23(22-17)14-7-4-3-5-8-14/h3-12H,1-2H3,(H,20,24)(H,21,25). The summed E-state index contributed by atoms with van der Waals surface area (Å²) >= 11 is 0. The number of carbonyl (C=O) groups excluding carboxylic acids is 2. The highest BCUT2D eigenvalue weighted by Gasteiger charge is 2.15. The van der Waals surface area contributed by atoms with Crippen LogP contribution in [-0.4, -0.2) is 28.6 Å². The molecule has 3 aromatic rings. The maximum Gasteiger partial charge on any atom is 0.276 e. The number of aromatic nitrogens is 2. The lowest BCUT2D eigenvalue weighted by Gasteiger charge is -2.11. The first-order valence-electron chi connectivity index (χ1n) is 7.84. The number of benzene rings is 2. The summed E-state index contributed by atoms with van der Waals surface area (Å²) in [5.74, 6) is -0.520. The Balaban J connectivity index is 1.82. The second-order valence-corrected chi connectivity index (χ2v) is 5.49. The molecule has 126 valence electrons. The molecule has 6 heteroatoms. The van der Waals surface area contributed by atoms with E-state index in [9.17, 15) is 9.59 Å². The van der Waals surface area contributed by atoms with Gasteiger partial charge in [-0.3, -0.25) is 9.59 Å². The van der Waals surface area contributed by atoms with Crippen LogP contribution in [0.4, 0.5) is 5.69 Å². The third-order valence-corrected chi connectivity index (χ3v) is 3.90. The van der Waals surface area contributed by atoms with E-state index in [-0.39, 0.29) is 11.8 Å². The summed E-state index contributed by atoms with van der Waals surface area (Å²) in [6.45, 7) is 1.79. The molecule has 0 aliphatic carbocycles. The van der Waals surface area contributed by atoms with Crippen LogP contribution in [0.3, 0.4) is 0 Å². The van der Waals surface area contributed by atoms with E-state index in [1.807, 2.05) is 30.3 Å². The molecule has 0 saturated carbocycles. The number of anilines is 1. The van der Waals surface area contributed by atoms with E-state index in [1.54, 1.807) is 49.1 Å². The Morgan fingerprint density at radius 2 is 1.72 bits per heavy atom. The fraction of sp³-hybridized carbons (Fsp3) is 0.105. The molecule has 0 radical (unpaired) electrons. The molecule has 0 aliphatic heterocycles. The van der Waals surface area contributed by atoms with Crippen molar-refractivity contribution < 1.29 is 9.59 Å². The smallest absolute Gasteiger partial charge is 0.276 e. The lowest BCUT2D eigenvalue weighted by molar-refractivity contribution is 0.0960. The summed E-state index contributed by atoms with van der Waals surface area (Å²) in [4.78, 5) is 24.3. The number of rotatable bonds is 4. The highest BCUT2D eigenvalue weighted by Crippen LogP contribution is 2.19. The molecule has 0 saturated heterocycles. The van der Waals surface area contributed by atoms with Gasteiger partial charge in [0.25, 0.3) is 11.8 Å². The molecule has 0 bridgehead atoms. The topological polar surface area (TPSA) is 76.0 Å². The van der Waals surface area contributed by atoms with Crippen molar-refractivity contribution in [3.63, 3.8) is 0 Å². The van der Waals surface area contributed by atoms with E-state index in [2.05, 4.69) is 15.7 Å². The van der Waals surface area contributed by atoms with Crippen molar-refractivity contribution in [2.45, 2.75) is 6.92 Å². The van der Waals surface area contributed by atoms with Crippen LogP contribution in [0.5, 0.6) is 0 Å². The van der Waals surface area contributed by atoms with Gasteiger partial charge in [0, 0.05) is 24.5 Å². The van der Waals surface area contributed by atoms with Gasteiger partial charge in [0.1, 0.15) is 0 Å². The number of para-hydroxylation sites is 1. The maximum absolute atomic E-state index is 12.5. The van der Waals surface area contributed by atoms with E-state index in [4.69, 9.17) is 0 Å². The van der Waals surface area contributed by atoms with Gasteiger partial charge in [0.15, 0.2) is 5.69 Å². The second-order valence-electron chi connectivity index (χ2n) is 5.49. The van der Waals surface area contributed by atoms with Gasteiger partial charge in [0.05, 0.1) is 5.69 Å². The predicted molar refractivity (Wildman–Crippen MR) is 96.1 cm³/mol. The molecule has 1 heterocycles. The van der Waals surface area contributed by atoms with Crippen LogP contribution in [0.25, 0.3) is 5.69 Å². The summed E-state index contributed by atoms with van der Waals surface area (Å²) in [5.41, 5.74) is 2.99. The summed E-state index contributed by atoms with van der Waals surface area (Å²) in [6, 6.07) is 16.4. The quantitative estimate of drug-likeness (QED) is 0.770. The zero-order valence-corrected chi connectivity index (χ0v) is 14.0. The third-order valence-electron chi connectivity index (χ3n) is 3.90. The summed E-state index contributed by atoms with van der Waals surface area (Å²) < 4.78 is 1.64. The third kappa shape index (κ3) is 3.42. The Kier molecular flexibility index (Phi) is 4.61. The van der Waals surface area contributed by atoms with Crippen LogP contribution in [0.2, 0.25) is 0 Å². The fourth-order valence-electron chi connectivity index (χ4n) is 2.51. The number of hydrogen-bond acceptors (Lipinski definition) is 3. The molecule has 2 N–H and O–H groups in total. The fourth-order valence-corrected chi connectivity index (χ4v) is 2.51. The SMILES string of the molecule is CNC(=O)c1cccc(NC(=O)c2ccn(-c3ccccc3)n2)c1C. The summed E-state index contributed by atoms with van der Waals surface area (Å²) in [7, 11) is 1.57. The molecular weight excluding hydrogens is 316 g/mol. The van der Waals surface area contributed by atoms with Crippen molar-refractivity contribution in [2.24, 2.45) is 0 Å². The van der Waals surface area contributed by atoms with Crippen LogP contribution < -0.4 is 10.6 Å². The van der Waals surface area contributed by atoms with E-state index >= 15 is 0 Å². The molecule has 0 spiro atoms. The molecular formula is C19H18N4O2. The van der Waals surface area contributed by atoms with Crippen LogP contribution in [-0.2, 0) is 0 Å². The Hall–Kier alpha value is -3.41. The molecule has 2 amide bonds. The van der Waals surface area contributed by atoms with Crippen LogP contribution in [0.15, 0.2) is 60.8 Å². The van der Waals surface area contributed by atoms with Gasteiger partial charge in [0.2, 0.25) is 0 Å². The normalized spacial score (nSPS) is 10.3. The Morgan fingerprint density at radius 3 is 2.44 bits per heavy atom. The number of amides is 2. The van der Waals surface area contributed by atoms with Crippen molar-refractivity contribution in [1.29, 1.82) is 0 Å². The molecule has 0 aliphatic rings. The van der Waals surface area contributed by atoms with Crippen LogP contribution in [0, 0.1) is 6.92 Å². The monoisotopic (exact) mass is 334 g/mol. The average molecular weight is 334 g/mol. The van der Waals surface area contributed by atoms with Crippen molar-refractivity contribution in [1.82, 2.24) is 15.1 Å². The van der Waals surface area contributed by atoms with E-state index in [0.717, 1.165) is 5.69 Å². The lowest BCUT2D eigenvalue weighted by atomic mass is 10.1. The first-order chi connectivity index (χ1) is 12.1. The largest absolute Gasteiger partial charge is 0.355 e. The number of nitrogens with zero attached hydrogens (tertiary/aromatic N) is 2. The molecule has 6 nitrogen and oxygen atoms in total. The first kappa shape index (κ1) is 16.4. The van der Waals surface area contributed by atoms with Gasteiger partial charge in [-0.25, -0.2) is 4.68 Å². The molecule has 0 unspecified atom stereocenters. The molecule has 2 aromatic carbocycles. The van der Waals surface area contributed by atoms with Gasteiger partial charge in [-0.1, -0.05) is 24.3 Å². The second kappa shape index (κ2) is 7.00. The minimum atomic E-state index is -0.327. The highest BCUT2D eigenvalue weighted by atomic mass is 16.2. The predicted octanol–water partition coefficient (Wildman–Crippen LogP) is 2.79. The Labute approximate surface area is 145 Å². The maximum atomic E-state index is 12.5. The van der Waals surface area contributed by atoms with Crippen LogP contribution in [0.1, 0.15) is 26.4 Å². The summed E-state index contributed by atoms with van der Waals surface area (Å²) in [5, 5.41) is 9.71. The number of nitrogens with one attached hydrogen (secondary N) is 2. The number of hydrogen-bond donors (Lipinski definition) is 2. The molecule has 0 fully saturated rings.